The van der Waals surface area contributed by atoms with Crippen molar-refractivity contribution in [3.05, 3.63) is 29.8 Å². The third-order valence-electron chi connectivity index (χ3n) is 4.29. The van der Waals surface area contributed by atoms with Crippen molar-refractivity contribution >= 4 is 17.6 Å². The van der Waals surface area contributed by atoms with Crippen LogP contribution in [0.3, 0.4) is 0 Å². The minimum Gasteiger partial charge on any atom is -0.479 e. The Bertz CT molecular complexity index is 679. The van der Waals surface area contributed by atoms with E-state index in [1.54, 1.807) is 24.3 Å². The van der Waals surface area contributed by atoms with Crippen molar-refractivity contribution in [1.82, 2.24) is 0 Å². The number of aliphatic hydroxyl groups is 3. The number of ether oxygens (including phenoxy) is 2. The van der Waals surface area contributed by atoms with Crippen LogP contribution in [0.25, 0.3) is 0 Å². The van der Waals surface area contributed by atoms with Gasteiger partial charge in [0.15, 0.2) is 18.0 Å². The minimum absolute atomic E-state index is 0.485. The number of aliphatic carboxylic acids is 1. The first kappa shape index (κ1) is 16.8. The Morgan fingerprint density at radius 2 is 1.88 bits per heavy atom. The van der Waals surface area contributed by atoms with Gasteiger partial charge in [0.1, 0.15) is 18.3 Å². The molecule has 2 aliphatic heterocycles. The maximum Gasteiger partial charge on any atom is 0.335 e. The van der Waals surface area contributed by atoms with Crippen LogP contribution in [0.5, 0.6) is 0 Å². The highest BCUT2D eigenvalue weighted by Gasteiger charge is 2.52. The Kier molecular flexibility index (Phi) is 4.06. The highest BCUT2D eigenvalue weighted by atomic mass is 16.7. The molecule has 130 valence electrons. The van der Waals surface area contributed by atoms with Crippen LogP contribution in [0, 0.1) is 0 Å². The molecule has 9 nitrogen and oxygen atoms in total. The normalized spacial score (nSPS) is 38.5. The predicted octanol–water partition coefficient (Wildman–Crippen LogP) is -1.24. The highest BCUT2D eigenvalue weighted by Crippen LogP contribution is 2.40. The summed E-state index contributed by atoms with van der Waals surface area (Å²) in [4.78, 5) is 23.4. The molecule has 2 heterocycles. The monoisotopic (exact) mass is 339 g/mol. The summed E-state index contributed by atoms with van der Waals surface area (Å²) in [6, 6.07) is 6.72. The standard InChI is InChI=1S/C15H17NO8/c1-15(6-4-2-3-5-7(6)16-14(15)22)24-13-10(19)8(17)9(18)11(23-13)12(20)21/h2-5,8-11,13,17-19H,1H3,(H,16,22)(H,20,21)/t8-,9-,10+,11-,13-,15-/m0/s1. The van der Waals surface area contributed by atoms with Gasteiger partial charge in [0.25, 0.3) is 5.91 Å². The lowest BCUT2D eigenvalue weighted by Crippen LogP contribution is -2.61. The van der Waals surface area contributed by atoms with Gasteiger partial charge in [-0.2, -0.15) is 0 Å². The maximum atomic E-state index is 12.3. The van der Waals surface area contributed by atoms with E-state index < -0.39 is 48.2 Å². The van der Waals surface area contributed by atoms with E-state index in [1.807, 2.05) is 0 Å². The van der Waals surface area contributed by atoms with Gasteiger partial charge < -0.3 is 35.2 Å². The number of rotatable bonds is 3. The molecule has 0 radical (unpaired) electrons. The second-order valence-electron chi connectivity index (χ2n) is 5.89. The molecular formula is C15H17NO8. The van der Waals surface area contributed by atoms with Crippen molar-refractivity contribution in [1.29, 1.82) is 0 Å². The number of anilines is 1. The maximum absolute atomic E-state index is 12.3. The summed E-state index contributed by atoms with van der Waals surface area (Å²) in [5.74, 6) is -2.05. The number of benzene rings is 1. The molecule has 3 rings (SSSR count). The molecule has 9 heteroatoms. The molecule has 0 aliphatic carbocycles. The number of nitrogens with one attached hydrogen (secondary N) is 1. The third kappa shape index (κ3) is 2.46. The van der Waals surface area contributed by atoms with Crippen LogP contribution >= 0.6 is 0 Å². The number of hydrogen-bond donors (Lipinski definition) is 5. The second kappa shape index (κ2) is 5.80. The van der Waals surface area contributed by atoms with E-state index in [1.165, 1.54) is 6.92 Å². The van der Waals surface area contributed by atoms with Gasteiger partial charge in [0.05, 0.1) is 0 Å². The van der Waals surface area contributed by atoms with E-state index in [-0.39, 0.29) is 0 Å². The number of hydrogen-bond acceptors (Lipinski definition) is 7. The van der Waals surface area contributed by atoms with E-state index >= 15 is 0 Å². The number of carbonyl (C=O) groups excluding carboxylic acids is 1. The molecule has 0 saturated carbocycles. The second-order valence-corrected chi connectivity index (χ2v) is 5.89. The Morgan fingerprint density at radius 1 is 1.21 bits per heavy atom. The average molecular weight is 339 g/mol. The van der Waals surface area contributed by atoms with E-state index in [9.17, 15) is 24.9 Å². The molecule has 0 bridgehead atoms. The van der Waals surface area contributed by atoms with Crippen molar-refractivity contribution in [3.8, 4) is 0 Å². The first-order chi connectivity index (χ1) is 11.3. The molecule has 6 atom stereocenters. The summed E-state index contributed by atoms with van der Waals surface area (Å²) in [5.41, 5.74) is -0.545. The zero-order valence-corrected chi connectivity index (χ0v) is 12.6. The first-order valence-electron chi connectivity index (χ1n) is 7.27. The molecule has 24 heavy (non-hydrogen) atoms. The van der Waals surface area contributed by atoms with Gasteiger partial charge in [-0.3, -0.25) is 4.79 Å². The minimum atomic E-state index is -1.82. The topological polar surface area (TPSA) is 146 Å². The van der Waals surface area contributed by atoms with Crippen LogP contribution in [0.1, 0.15) is 12.5 Å². The van der Waals surface area contributed by atoms with Crippen molar-refractivity contribution in [2.24, 2.45) is 0 Å². The van der Waals surface area contributed by atoms with Gasteiger partial charge in [0.2, 0.25) is 0 Å². The number of para-hydroxylation sites is 1. The molecule has 1 aromatic carbocycles. The van der Waals surface area contributed by atoms with Crippen LogP contribution < -0.4 is 5.32 Å². The summed E-state index contributed by atoms with van der Waals surface area (Å²) in [6.07, 6.45) is -8.76. The molecular weight excluding hydrogens is 322 g/mol. The zero-order chi connectivity index (χ0) is 17.6. The fraction of sp³-hybridized carbons (Fsp3) is 0.467. The smallest absolute Gasteiger partial charge is 0.335 e. The zero-order valence-electron chi connectivity index (χ0n) is 12.6. The molecule has 1 saturated heterocycles. The summed E-state index contributed by atoms with van der Waals surface area (Å²) in [7, 11) is 0. The Hall–Kier alpha value is -2.04. The largest absolute Gasteiger partial charge is 0.479 e. The Labute approximate surface area is 136 Å². The van der Waals surface area contributed by atoms with Crippen LogP contribution in [0.4, 0.5) is 5.69 Å². The van der Waals surface area contributed by atoms with Crippen molar-refractivity contribution < 1.29 is 39.5 Å². The van der Waals surface area contributed by atoms with Crippen LogP contribution in [0.15, 0.2) is 24.3 Å². The molecule has 1 fully saturated rings. The van der Waals surface area contributed by atoms with Crippen molar-refractivity contribution in [2.75, 3.05) is 5.32 Å². The quantitative estimate of drug-likeness (QED) is 0.460. The van der Waals surface area contributed by atoms with E-state index in [4.69, 9.17) is 14.6 Å². The number of fused-ring (bicyclic) bond motifs is 1. The first-order valence-corrected chi connectivity index (χ1v) is 7.27. The summed E-state index contributed by atoms with van der Waals surface area (Å²) in [5, 5.41) is 41.2. The number of aliphatic hydroxyl groups excluding tert-OH is 3. The molecule has 1 amide bonds. The van der Waals surface area contributed by atoms with Crippen LogP contribution in [-0.4, -0.2) is 63.0 Å². The number of amides is 1. The number of carbonyl (C=O) groups is 2. The average Bonchev–Trinajstić information content (AvgIpc) is 2.79. The molecule has 5 N–H and O–H groups in total. The molecule has 0 aromatic heterocycles. The van der Waals surface area contributed by atoms with Crippen molar-refractivity contribution in [2.45, 2.75) is 43.2 Å². The predicted molar refractivity (Wildman–Crippen MR) is 77.8 cm³/mol. The summed E-state index contributed by atoms with van der Waals surface area (Å²) < 4.78 is 10.6. The van der Waals surface area contributed by atoms with Gasteiger partial charge in [0, 0.05) is 11.3 Å². The third-order valence-corrected chi connectivity index (χ3v) is 4.29. The number of carboxylic acid groups (broad SMARTS) is 1. The van der Waals surface area contributed by atoms with Gasteiger partial charge in [-0.1, -0.05) is 18.2 Å². The van der Waals surface area contributed by atoms with Crippen LogP contribution in [-0.2, 0) is 24.7 Å². The summed E-state index contributed by atoms with van der Waals surface area (Å²) in [6.45, 7) is 1.44. The van der Waals surface area contributed by atoms with Gasteiger partial charge in [-0.15, -0.1) is 0 Å². The highest BCUT2D eigenvalue weighted by molar-refractivity contribution is 6.04. The van der Waals surface area contributed by atoms with Gasteiger partial charge in [-0.25, -0.2) is 4.79 Å². The SMILES string of the molecule is C[C@@]1(O[C@@H]2O[C@H](C(=O)O)[C@@H](O)[C@H](O)[C@H]2O)C(=O)Nc2ccccc21. The molecule has 1 aromatic rings. The Balaban J connectivity index is 1.89. The summed E-state index contributed by atoms with van der Waals surface area (Å²) >= 11 is 0. The van der Waals surface area contributed by atoms with Crippen LogP contribution in [0.2, 0.25) is 0 Å². The molecule has 0 spiro atoms. The van der Waals surface area contributed by atoms with E-state index in [2.05, 4.69) is 5.32 Å². The fourth-order valence-electron chi connectivity index (χ4n) is 2.87. The van der Waals surface area contributed by atoms with Gasteiger partial charge >= 0.3 is 5.97 Å². The fourth-order valence-corrected chi connectivity index (χ4v) is 2.87. The molecule has 2 aliphatic rings. The van der Waals surface area contributed by atoms with Crippen molar-refractivity contribution in [3.63, 3.8) is 0 Å². The number of carboxylic acids is 1. The lowest BCUT2D eigenvalue weighted by atomic mass is 9.95. The van der Waals surface area contributed by atoms with E-state index in [0.29, 0.717) is 11.3 Å². The lowest BCUT2D eigenvalue weighted by molar-refractivity contribution is -0.314. The lowest BCUT2D eigenvalue weighted by Gasteiger charge is -2.41. The van der Waals surface area contributed by atoms with Gasteiger partial charge in [-0.05, 0) is 13.0 Å². The van der Waals surface area contributed by atoms with E-state index in [0.717, 1.165) is 0 Å². The molecule has 0 unspecified atom stereocenters. The Morgan fingerprint density at radius 3 is 2.54 bits per heavy atom.